The molecule has 1 aromatic heterocycles. The first-order chi connectivity index (χ1) is 10.9. The molecule has 0 spiro atoms. The van der Waals surface area contributed by atoms with Crippen LogP contribution >= 0.6 is 0 Å². The molecule has 0 unspecified atom stereocenters. The van der Waals surface area contributed by atoms with Crippen LogP contribution in [0.5, 0.6) is 11.5 Å². The zero-order valence-electron chi connectivity index (χ0n) is 13.9. The van der Waals surface area contributed by atoms with Crippen molar-refractivity contribution in [2.75, 3.05) is 7.11 Å². The van der Waals surface area contributed by atoms with Crippen LogP contribution in [0.15, 0.2) is 42.7 Å². The van der Waals surface area contributed by atoms with Crippen LogP contribution in [0.1, 0.15) is 31.9 Å². The lowest BCUT2D eigenvalue weighted by atomic mass is 9.97. The highest BCUT2D eigenvalue weighted by Gasteiger charge is 2.24. The van der Waals surface area contributed by atoms with Gasteiger partial charge in [0, 0.05) is 12.4 Å². The van der Waals surface area contributed by atoms with E-state index in [0.717, 1.165) is 11.1 Å². The van der Waals surface area contributed by atoms with Crippen LogP contribution in [-0.2, 0) is 4.79 Å². The highest BCUT2D eigenvalue weighted by atomic mass is 16.6. The topological polar surface area (TPSA) is 48.4 Å². The van der Waals surface area contributed by atoms with Gasteiger partial charge in [0.2, 0.25) is 0 Å². The summed E-state index contributed by atoms with van der Waals surface area (Å²) in [6, 6.07) is 9.31. The lowest BCUT2D eigenvalue weighted by Gasteiger charge is -2.17. The number of carbonyl (C=O) groups excluding carboxylic acids is 1. The lowest BCUT2D eigenvalue weighted by Crippen LogP contribution is -2.25. The van der Waals surface area contributed by atoms with Gasteiger partial charge < -0.3 is 9.47 Å². The zero-order chi connectivity index (χ0) is 16.9. The molecule has 0 aliphatic heterocycles. The maximum absolute atomic E-state index is 12.0. The molecule has 120 valence electrons. The molecule has 0 amide bonds. The summed E-state index contributed by atoms with van der Waals surface area (Å²) in [5.41, 5.74) is 1.45. The number of rotatable bonds is 4. The molecule has 0 aliphatic rings. The largest absolute Gasteiger partial charge is 0.493 e. The van der Waals surface area contributed by atoms with E-state index >= 15 is 0 Å². The normalized spacial score (nSPS) is 11.5. The summed E-state index contributed by atoms with van der Waals surface area (Å²) < 4.78 is 10.8. The van der Waals surface area contributed by atoms with Crippen molar-refractivity contribution in [2.24, 2.45) is 5.41 Å². The van der Waals surface area contributed by atoms with Crippen molar-refractivity contribution in [2.45, 2.75) is 20.8 Å². The average molecular weight is 311 g/mol. The Morgan fingerprint density at radius 1 is 1.00 bits per heavy atom. The van der Waals surface area contributed by atoms with Crippen LogP contribution in [0.3, 0.4) is 0 Å². The second-order valence-electron chi connectivity index (χ2n) is 6.16. The van der Waals surface area contributed by atoms with Gasteiger partial charge in [-0.1, -0.05) is 18.2 Å². The van der Waals surface area contributed by atoms with Crippen LogP contribution in [0.4, 0.5) is 0 Å². The fourth-order valence-corrected chi connectivity index (χ4v) is 1.79. The molecule has 0 radical (unpaired) electrons. The predicted octanol–water partition coefficient (Wildman–Crippen LogP) is 4.21. The predicted molar refractivity (Wildman–Crippen MR) is 91.2 cm³/mol. The Morgan fingerprint density at radius 2 is 1.65 bits per heavy atom. The van der Waals surface area contributed by atoms with E-state index in [1.807, 2.05) is 57.2 Å². The maximum atomic E-state index is 12.0. The minimum absolute atomic E-state index is 0.295. The fraction of sp³-hybridized carbons (Fsp3) is 0.263. The Bertz CT molecular complexity index is 700. The van der Waals surface area contributed by atoms with Crippen molar-refractivity contribution < 1.29 is 14.3 Å². The Kier molecular flexibility index (Phi) is 5.16. The van der Waals surface area contributed by atoms with Gasteiger partial charge in [-0.2, -0.15) is 0 Å². The van der Waals surface area contributed by atoms with Crippen molar-refractivity contribution in [3.05, 3.63) is 53.9 Å². The second-order valence-corrected chi connectivity index (χ2v) is 6.16. The smallest absolute Gasteiger partial charge is 0.316 e. The van der Waals surface area contributed by atoms with E-state index in [1.165, 1.54) is 0 Å². The van der Waals surface area contributed by atoms with Crippen LogP contribution < -0.4 is 9.47 Å². The Balaban J connectivity index is 2.19. The van der Waals surface area contributed by atoms with Gasteiger partial charge in [-0.25, -0.2) is 0 Å². The van der Waals surface area contributed by atoms with Crippen LogP contribution in [0.2, 0.25) is 0 Å². The van der Waals surface area contributed by atoms with Gasteiger partial charge in [-0.05, 0) is 56.2 Å². The van der Waals surface area contributed by atoms with E-state index < -0.39 is 5.41 Å². The molecule has 0 fully saturated rings. The SMILES string of the molecule is COc1cc(/C=C/c2ccncc2)ccc1OC(=O)C(C)(C)C. The maximum Gasteiger partial charge on any atom is 0.316 e. The summed E-state index contributed by atoms with van der Waals surface area (Å²) in [5.74, 6) is 0.656. The highest BCUT2D eigenvalue weighted by molar-refractivity contribution is 5.79. The van der Waals surface area contributed by atoms with Gasteiger partial charge in [0.1, 0.15) is 0 Å². The number of ether oxygens (including phenoxy) is 2. The number of carbonyl (C=O) groups is 1. The third kappa shape index (κ3) is 4.68. The number of methoxy groups -OCH3 is 1. The molecule has 4 heteroatoms. The molecular formula is C19H21NO3. The molecular weight excluding hydrogens is 290 g/mol. The number of hydrogen-bond acceptors (Lipinski definition) is 4. The summed E-state index contributed by atoms with van der Waals surface area (Å²) in [6.07, 6.45) is 7.44. The van der Waals surface area contributed by atoms with Crippen molar-refractivity contribution >= 4 is 18.1 Å². The van der Waals surface area contributed by atoms with Crippen LogP contribution in [0, 0.1) is 5.41 Å². The Hall–Kier alpha value is -2.62. The number of aromatic nitrogens is 1. The van der Waals surface area contributed by atoms with Gasteiger partial charge in [0.05, 0.1) is 12.5 Å². The summed E-state index contributed by atoms with van der Waals surface area (Å²) >= 11 is 0. The lowest BCUT2D eigenvalue weighted by molar-refractivity contribution is -0.143. The minimum atomic E-state index is -0.565. The fourth-order valence-electron chi connectivity index (χ4n) is 1.79. The zero-order valence-corrected chi connectivity index (χ0v) is 13.9. The molecule has 0 atom stereocenters. The molecule has 2 rings (SSSR count). The first kappa shape index (κ1) is 16.7. The molecule has 0 N–H and O–H groups in total. The van der Waals surface area contributed by atoms with Crippen molar-refractivity contribution in [3.63, 3.8) is 0 Å². The summed E-state index contributed by atoms with van der Waals surface area (Å²) in [5, 5.41) is 0. The van der Waals surface area contributed by atoms with Crippen LogP contribution in [0.25, 0.3) is 12.2 Å². The molecule has 2 aromatic rings. The van der Waals surface area contributed by atoms with E-state index in [1.54, 1.807) is 25.6 Å². The molecule has 0 aliphatic carbocycles. The quantitative estimate of drug-likeness (QED) is 0.627. The van der Waals surface area contributed by atoms with Gasteiger partial charge in [-0.3, -0.25) is 9.78 Å². The third-order valence-electron chi connectivity index (χ3n) is 3.18. The minimum Gasteiger partial charge on any atom is -0.493 e. The molecule has 1 heterocycles. The van der Waals surface area contributed by atoms with Gasteiger partial charge in [0.25, 0.3) is 0 Å². The summed E-state index contributed by atoms with van der Waals surface area (Å²) in [7, 11) is 1.56. The molecule has 1 aromatic carbocycles. The molecule has 4 nitrogen and oxygen atoms in total. The van der Waals surface area contributed by atoms with Gasteiger partial charge in [-0.15, -0.1) is 0 Å². The first-order valence-electron chi connectivity index (χ1n) is 7.38. The monoisotopic (exact) mass is 311 g/mol. The summed E-state index contributed by atoms with van der Waals surface area (Å²) in [6.45, 7) is 5.44. The van der Waals surface area contributed by atoms with E-state index in [4.69, 9.17) is 9.47 Å². The Morgan fingerprint density at radius 3 is 2.26 bits per heavy atom. The standard InChI is InChI=1S/C19H21NO3/c1-19(2,3)18(21)23-16-8-7-15(13-17(16)22-4)6-5-14-9-11-20-12-10-14/h5-13H,1-4H3/b6-5+. The molecule has 0 saturated carbocycles. The van der Waals surface area contributed by atoms with Gasteiger partial charge >= 0.3 is 5.97 Å². The third-order valence-corrected chi connectivity index (χ3v) is 3.18. The molecule has 23 heavy (non-hydrogen) atoms. The second kappa shape index (κ2) is 7.09. The highest BCUT2D eigenvalue weighted by Crippen LogP contribution is 2.30. The number of nitrogens with zero attached hydrogens (tertiary/aromatic N) is 1. The van der Waals surface area contributed by atoms with Crippen molar-refractivity contribution in [3.8, 4) is 11.5 Å². The number of hydrogen-bond donors (Lipinski definition) is 0. The van der Waals surface area contributed by atoms with Crippen molar-refractivity contribution in [1.82, 2.24) is 4.98 Å². The van der Waals surface area contributed by atoms with E-state index in [2.05, 4.69) is 4.98 Å². The number of benzene rings is 1. The average Bonchev–Trinajstić information content (AvgIpc) is 2.54. The molecule has 0 saturated heterocycles. The Labute approximate surface area is 136 Å². The number of esters is 1. The molecule has 0 bridgehead atoms. The van der Waals surface area contributed by atoms with Crippen LogP contribution in [-0.4, -0.2) is 18.1 Å². The van der Waals surface area contributed by atoms with Crippen molar-refractivity contribution in [1.29, 1.82) is 0 Å². The van der Waals surface area contributed by atoms with Gasteiger partial charge in [0.15, 0.2) is 11.5 Å². The van der Waals surface area contributed by atoms with E-state index in [0.29, 0.717) is 11.5 Å². The first-order valence-corrected chi connectivity index (χ1v) is 7.38. The summed E-state index contributed by atoms with van der Waals surface area (Å²) in [4.78, 5) is 16.0. The van der Waals surface area contributed by atoms with E-state index in [9.17, 15) is 4.79 Å². The number of pyridine rings is 1. The van der Waals surface area contributed by atoms with E-state index in [-0.39, 0.29) is 5.97 Å².